The first-order chi connectivity index (χ1) is 12.9. The lowest BCUT2D eigenvalue weighted by Gasteiger charge is -2.37. The van der Waals surface area contributed by atoms with E-state index in [1.807, 2.05) is 36.1 Å². The molecule has 3 atom stereocenters. The number of likely N-dealkylation sites (tertiary alicyclic amines) is 1. The highest BCUT2D eigenvalue weighted by Crippen LogP contribution is 2.24. The molecule has 7 heteroatoms. The molecule has 0 radical (unpaired) electrons. The van der Waals surface area contributed by atoms with E-state index in [0.29, 0.717) is 18.1 Å². The number of carbonyl (C=O) groups is 1. The van der Waals surface area contributed by atoms with E-state index in [4.69, 9.17) is 10.5 Å². The molecule has 0 saturated carbocycles. The molecule has 3 rings (SSSR count). The third kappa shape index (κ3) is 7.41. The number of morpholine rings is 1. The van der Waals surface area contributed by atoms with Gasteiger partial charge in [0.1, 0.15) is 6.04 Å². The number of ether oxygens (including phenoxy) is 1. The number of nitrogens with zero attached hydrogens (tertiary/aromatic N) is 2. The van der Waals surface area contributed by atoms with Crippen molar-refractivity contribution >= 4 is 30.7 Å². The number of nitrogens with two attached hydrogens (primary N) is 1. The highest BCUT2D eigenvalue weighted by atomic mass is 35.5. The first-order valence-electron chi connectivity index (χ1n) is 10.4. The molecule has 29 heavy (non-hydrogen) atoms. The molecule has 3 unspecified atom stereocenters. The second kappa shape index (κ2) is 12.1. The van der Waals surface area contributed by atoms with Gasteiger partial charge >= 0.3 is 0 Å². The summed E-state index contributed by atoms with van der Waals surface area (Å²) in [5.74, 6) is 0.770. The number of carbonyl (C=O) groups excluding carboxylic acids is 1. The number of hydrogen-bond donors (Lipinski definition) is 1. The van der Waals surface area contributed by atoms with Gasteiger partial charge in [-0.15, -0.1) is 24.8 Å². The van der Waals surface area contributed by atoms with Crippen molar-refractivity contribution in [2.75, 3.05) is 32.7 Å². The van der Waals surface area contributed by atoms with E-state index in [9.17, 15) is 4.79 Å². The summed E-state index contributed by atoms with van der Waals surface area (Å²) in [6.07, 6.45) is 4.04. The van der Waals surface area contributed by atoms with Gasteiger partial charge in [-0.1, -0.05) is 29.8 Å². The molecular weight excluding hydrogens is 409 g/mol. The SMILES string of the molecule is Cc1ccc(C(N)C(=O)N2CCC(CCN3CC(C)OC(C)C3)CC2)cc1.Cl.Cl. The zero-order valence-electron chi connectivity index (χ0n) is 17.9. The summed E-state index contributed by atoms with van der Waals surface area (Å²) in [5.41, 5.74) is 8.32. The molecule has 2 heterocycles. The van der Waals surface area contributed by atoms with Crippen LogP contribution in [0, 0.1) is 12.8 Å². The summed E-state index contributed by atoms with van der Waals surface area (Å²) in [7, 11) is 0. The second-order valence-electron chi connectivity index (χ2n) is 8.46. The van der Waals surface area contributed by atoms with E-state index in [2.05, 4.69) is 18.7 Å². The Morgan fingerprint density at radius 1 is 1.10 bits per heavy atom. The minimum atomic E-state index is -0.543. The molecule has 166 valence electrons. The third-order valence-corrected chi connectivity index (χ3v) is 5.98. The standard InChI is InChI=1S/C22H35N3O2.2ClH/c1-16-4-6-20(7-5-16)21(23)22(26)25-12-9-19(10-13-25)8-11-24-14-17(2)27-18(3)15-24;;/h4-7,17-19,21H,8-15,23H2,1-3H3;2*1H. The number of aryl methyl sites for hydroxylation is 1. The number of piperidine rings is 1. The highest BCUT2D eigenvalue weighted by molar-refractivity contribution is 5.85. The zero-order valence-corrected chi connectivity index (χ0v) is 19.5. The Kier molecular flexibility index (Phi) is 10.9. The van der Waals surface area contributed by atoms with Gasteiger partial charge < -0.3 is 15.4 Å². The topological polar surface area (TPSA) is 58.8 Å². The summed E-state index contributed by atoms with van der Waals surface area (Å²) in [4.78, 5) is 17.2. The number of amides is 1. The molecule has 2 saturated heterocycles. The summed E-state index contributed by atoms with van der Waals surface area (Å²) in [6.45, 7) is 11.2. The third-order valence-electron chi connectivity index (χ3n) is 5.98. The van der Waals surface area contributed by atoms with E-state index in [0.717, 1.165) is 51.1 Å². The Morgan fingerprint density at radius 2 is 1.66 bits per heavy atom. The van der Waals surface area contributed by atoms with Crippen LogP contribution in [0.25, 0.3) is 0 Å². The zero-order chi connectivity index (χ0) is 19.4. The maximum absolute atomic E-state index is 12.7. The number of rotatable bonds is 5. The van der Waals surface area contributed by atoms with Crippen LogP contribution in [0.2, 0.25) is 0 Å². The van der Waals surface area contributed by atoms with Gasteiger partial charge in [-0.25, -0.2) is 0 Å². The predicted octanol–water partition coefficient (Wildman–Crippen LogP) is 3.58. The molecule has 1 aromatic carbocycles. The van der Waals surface area contributed by atoms with Crippen molar-refractivity contribution in [3.8, 4) is 0 Å². The van der Waals surface area contributed by atoms with Crippen molar-refractivity contribution in [3.63, 3.8) is 0 Å². The van der Waals surface area contributed by atoms with Gasteiger partial charge in [0, 0.05) is 26.2 Å². The Hall–Kier alpha value is -0.850. The van der Waals surface area contributed by atoms with Gasteiger partial charge in [0.15, 0.2) is 0 Å². The molecule has 2 N–H and O–H groups in total. The fourth-order valence-corrected chi connectivity index (χ4v) is 4.39. The van der Waals surface area contributed by atoms with Gasteiger partial charge in [-0.3, -0.25) is 9.69 Å². The molecule has 0 aromatic heterocycles. The van der Waals surface area contributed by atoms with Crippen molar-refractivity contribution in [1.82, 2.24) is 9.80 Å². The van der Waals surface area contributed by atoms with Crippen molar-refractivity contribution in [2.45, 2.75) is 58.3 Å². The Labute approximate surface area is 188 Å². The first-order valence-corrected chi connectivity index (χ1v) is 10.4. The molecule has 2 aliphatic heterocycles. The van der Waals surface area contributed by atoms with Crippen LogP contribution in [0.15, 0.2) is 24.3 Å². The molecule has 0 spiro atoms. The lowest BCUT2D eigenvalue weighted by molar-refractivity contribution is -0.134. The van der Waals surface area contributed by atoms with Gasteiger partial charge in [0.25, 0.3) is 0 Å². The Morgan fingerprint density at radius 3 is 2.21 bits per heavy atom. The molecule has 2 fully saturated rings. The summed E-state index contributed by atoms with van der Waals surface area (Å²) < 4.78 is 5.82. The van der Waals surface area contributed by atoms with Crippen LogP contribution < -0.4 is 5.73 Å². The average Bonchev–Trinajstić information content (AvgIpc) is 2.65. The van der Waals surface area contributed by atoms with E-state index in [-0.39, 0.29) is 30.7 Å². The molecule has 2 aliphatic rings. The first kappa shape index (κ1) is 26.2. The Bertz CT molecular complexity index is 611. The lowest BCUT2D eigenvalue weighted by Crippen LogP contribution is -2.46. The number of hydrogen-bond acceptors (Lipinski definition) is 4. The van der Waals surface area contributed by atoms with Crippen LogP contribution in [0.3, 0.4) is 0 Å². The van der Waals surface area contributed by atoms with Crippen LogP contribution in [0.5, 0.6) is 0 Å². The summed E-state index contributed by atoms with van der Waals surface area (Å²) >= 11 is 0. The largest absolute Gasteiger partial charge is 0.373 e. The van der Waals surface area contributed by atoms with Crippen LogP contribution in [-0.4, -0.2) is 60.6 Å². The molecule has 0 aliphatic carbocycles. The minimum absolute atomic E-state index is 0. The maximum atomic E-state index is 12.7. The second-order valence-corrected chi connectivity index (χ2v) is 8.46. The molecule has 5 nitrogen and oxygen atoms in total. The van der Waals surface area contributed by atoms with Crippen molar-refractivity contribution < 1.29 is 9.53 Å². The average molecular weight is 446 g/mol. The molecule has 0 bridgehead atoms. The normalized spacial score (nSPS) is 24.3. The van der Waals surface area contributed by atoms with E-state index >= 15 is 0 Å². The van der Waals surface area contributed by atoms with Gasteiger partial charge in [0.05, 0.1) is 12.2 Å². The number of benzene rings is 1. The molecule has 1 amide bonds. The van der Waals surface area contributed by atoms with Crippen LogP contribution in [0.4, 0.5) is 0 Å². The smallest absolute Gasteiger partial charge is 0.244 e. The molecule has 1 aromatic rings. The van der Waals surface area contributed by atoms with Crippen molar-refractivity contribution in [3.05, 3.63) is 35.4 Å². The van der Waals surface area contributed by atoms with E-state index < -0.39 is 6.04 Å². The fraction of sp³-hybridized carbons (Fsp3) is 0.682. The minimum Gasteiger partial charge on any atom is -0.373 e. The predicted molar refractivity (Wildman–Crippen MR) is 123 cm³/mol. The van der Waals surface area contributed by atoms with Crippen molar-refractivity contribution in [1.29, 1.82) is 0 Å². The van der Waals surface area contributed by atoms with Crippen molar-refractivity contribution in [2.24, 2.45) is 11.7 Å². The summed E-state index contributed by atoms with van der Waals surface area (Å²) in [6, 6.07) is 7.42. The maximum Gasteiger partial charge on any atom is 0.244 e. The lowest BCUT2D eigenvalue weighted by atomic mass is 9.92. The van der Waals surface area contributed by atoms with Gasteiger partial charge in [0.2, 0.25) is 5.91 Å². The van der Waals surface area contributed by atoms with E-state index in [1.54, 1.807) is 0 Å². The van der Waals surface area contributed by atoms with Crippen LogP contribution in [0.1, 0.15) is 50.3 Å². The van der Waals surface area contributed by atoms with Gasteiger partial charge in [-0.05, 0) is 58.1 Å². The fourth-order valence-electron chi connectivity index (χ4n) is 4.39. The summed E-state index contributed by atoms with van der Waals surface area (Å²) in [5, 5.41) is 0. The molecular formula is C22H37Cl2N3O2. The number of halogens is 2. The van der Waals surface area contributed by atoms with Crippen LogP contribution in [-0.2, 0) is 9.53 Å². The van der Waals surface area contributed by atoms with Gasteiger partial charge in [-0.2, -0.15) is 0 Å². The Balaban J connectivity index is 0.00000210. The van der Waals surface area contributed by atoms with E-state index in [1.165, 1.54) is 12.0 Å². The monoisotopic (exact) mass is 445 g/mol. The van der Waals surface area contributed by atoms with Crippen LogP contribution >= 0.6 is 24.8 Å². The highest BCUT2D eigenvalue weighted by Gasteiger charge is 2.28. The quantitative estimate of drug-likeness (QED) is 0.751.